The Morgan fingerprint density at radius 1 is 1.19 bits per heavy atom. The van der Waals surface area contributed by atoms with E-state index in [-0.39, 0.29) is 16.5 Å². The highest BCUT2D eigenvalue weighted by atomic mass is 79.9. The molecule has 132 valence electrons. The van der Waals surface area contributed by atoms with Crippen LogP contribution in [0.15, 0.2) is 67.5 Å². The third kappa shape index (κ3) is 3.98. The Morgan fingerprint density at radius 3 is 2.50 bits per heavy atom. The number of aromatic hydroxyl groups is 1. The topological polar surface area (TPSA) is 79.5 Å². The summed E-state index contributed by atoms with van der Waals surface area (Å²) in [5.74, 6) is 0.104. The quantitative estimate of drug-likeness (QED) is 0.408. The van der Waals surface area contributed by atoms with E-state index in [4.69, 9.17) is 11.6 Å². The number of hydrogen-bond donors (Lipinski definition) is 2. The minimum Gasteiger partial charge on any atom is -0.506 e. The zero-order chi connectivity index (χ0) is 18.7. The van der Waals surface area contributed by atoms with Crippen LogP contribution >= 0.6 is 43.5 Å². The zero-order valence-electron chi connectivity index (χ0n) is 13.0. The van der Waals surface area contributed by atoms with Crippen molar-refractivity contribution in [2.75, 3.05) is 5.43 Å². The van der Waals surface area contributed by atoms with Gasteiger partial charge in [0, 0.05) is 0 Å². The SMILES string of the molecule is O=c1c(Cl)c(NN=Cc2cc(Br)c(O)c(Br)c2)cnn1-c1ccccc1. The zero-order valence-corrected chi connectivity index (χ0v) is 17.0. The van der Waals surface area contributed by atoms with Gasteiger partial charge in [0.2, 0.25) is 0 Å². The molecule has 3 rings (SSSR count). The molecule has 0 aliphatic heterocycles. The van der Waals surface area contributed by atoms with E-state index in [0.717, 1.165) is 5.56 Å². The summed E-state index contributed by atoms with van der Waals surface area (Å²) in [6.45, 7) is 0. The second-order valence-corrected chi connectivity index (χ2v) is 7.21. The van der Waals surface area contributed by atoms with Crippen LogP contribution in [0.25, 0.3) is 5.69 Å². The van der Waals surface area contributed by atoms with Gasteiger partial charge in [0.25, 0.3) is 5.56 Å². The first kappa shape index (κ1) is 18.6. The average molecular weight is 499 g/mol. The van der Waals surface area contributed by atoms with Crippen molar-refractivity contribution in [2.24, 2.45) is 5.10 Å². The van der Waals surface area contributed by atoms with E-state index in [9.17, 15) is 9.90 Å². The second-order valence-electron chi connectivity index (χ2n) is 5.13. The number of anilines is 1. The van der Waals surface area contributed by atoms with E-state index in [1.54, 1.807) is 24.3 Å². The smallest absolute Gasteiger partial charge is 0.292 e. The molecular formula is C17H11Br2ClN4O2. The third-order valence-electron chi connectivity index (χ3n) is 3.36. The van der Waals surface area contributed by atoms with Crippen LogP contribution in [0.3, 0.4) is 0 Å². The molecule has 1 heterocycles. The molecular weight excluding hydrogens is 487 g/mol. The Kier molecular flexibility index (Phi) is 5.75. The highest BCUT2D eigenvalue weighted by Crippen LogP contribution is 2.32. The molecule has 0 saturated carbocycles. The Morgan fingerprint density at radius 2 is 1.85 bits per heavy atom. The van der Waals surface area contributed by atoms with Gasteiger partial charge < -0.3 is 5.11 Å². The maximum absolute atomic E-state index is 12.4. The van der Waals surface area contributed by atoms with E-state index in [0.29, 0.717) is 14.6 Å². The first-order valence-corrected chi connectivity index (χ1v) is 9.24. The van der Waals surface area contributed by atoms with Crippen molar-refractivity contribution in [2.45, 2.75) is 0 Å². The summed E-state index contributed by atoms with van der Waals surface area (Å²) in [5, 5.41) is 17.9. The van der Waals surface area contributed by atoms with Crippen LogP contribution in [0.5, 0.6) is 5.75 Å². The number of nitrogens with one attached hydrogen (secondary N) is 1. The van der Waals surface area contributed by atoms with E-state index in [2.05, 4.69) is 47.5 Å². The van der Waals surface area contributed by atoms with Gasteiger partial charge in [-0.3, -0.25) is 10.2 Å². The van der Waals surface area contributed by atoms with E-state index in [1.165, 1.54) is 17.1 Å². The number of para-hydroxylation sites is 1. The minimum atomic E-state index is -0.451. The van der Waals surface area contributed by atoms with Gasteiger partial charge in [-0.05, 0) is 61.7 Å². The fourth-order valence-electron chi connectivity index (χ4n) is 2.10. The molecule has 6 nitrogen and oxygen atoms in total. The Labute approximate surface area is 170 Å². The molecule has 0 aliphatic rings. The number of benzene rings is 2. The molecule has 0 bridgehead atoms. The lowest BCUT2D eigenvalue weighted by atomic mass is 10.2. The van der Waals surface area contributed by atoms with Crippen molar-refractivity contribution in [1.82, 2.24) is 9.78 Å². The number of phenolic OH excluding ortho intramolecular Hbond substituents is 1. The highest BCUT2D eigenvalue weighted by Gasteiger charge is 2.10. The number of phenols is 1. The molecule has 2 N–H and O–H groups in total. The van der Waals surface area contributed by atoms with Crippen LogP contribution in [-0.2, 0) is 0 Å². The number of hydrazone groups is 1. The minimum absolute atomic E-state index is 0.0194. The summed E-state index contributed by atoms with van der Waals surface area (Å²) in [6, 6.07) is 12.4. The largest absolute Gasteiger partial charge is 0.506 e. The third-order valence-corrected chi connectivity index (χ3v) is 4.93. The van der Waals surface area contributed by atoms with Crippen molar-refractivity contribution < 1.29 is 5.11 Å². The molecule has 0 aliphatic carbocycles. The van der Waals surface area contributed by atoms with Crippen LogP contribution in [0, 0.1) is 0 Å². The van der Waals surface area contributed by atoms with Crippen molar-refractivity contribution in [3.63, 3.8) is 0 Å². The lowest BCUT2D eigenvalue weighted by Gasteiger charge is -2.07. The summed E-state index contributed by atoms with van der Waals surface area (Å²) in [4.78, 5) is 12.4. The number of hydrogen-bond acceptors (Lipinski definition) is 5. The lowest BCUT2D eigenvalue weighted by Crippen LogP contribution is -2.22. The number of aromatic nitrogens is 2. The fraction of sp³-hybridized carbons (Fsp3) is 0. The molecule has 0 spiro atoms. The van der Waals surface area contributed by atoms with E-state index < -0.39 is 5.56 Å². The van der Waals surface area contributed by atoms with Gasteiger partial charge in [0.05, 0.1) is 27.0 Å². The molecule has 0 amide bonds. The number of nitrogens with zero attached hydrogens (tertiary/aromatic N) is 3. The van der Waals surface area contributed by atoms with Gasteiger partial charge in [-0.15, -0.1) is 0 Å². The summed E-state index contributed by atoms with van der Waals surface area (Å²) in [7, 11) is 0. The standard InChI is InChI=1S/C17H11Br2ClN4O2/c18-12-6-10(7-13(19)16(12)25)8-21-23-14-9-22-24(17(26)15(14)20)11-4-2-1-3-5-11/h1-9,23,25H. The molecule has 0 atom stereocenters. The Bertz CT molecular complexity index is 1020. The van der Waals surface area contributed by atoms with E-state index >= 15 is 0 Å². The van der Waals surface area contributed by atoms with E-state index in [1.807, 2.05) is 18.2 Å². The summed E-state index contributed by atoms with van der Waals surface area (Å²) >= 11 is 12.6. The van der Waals surface area contributed by atoms with Crippen LogP contribution in [0.1, 0.15) is 5.56 Å². The molecule has 9 heteroatoms. The first-order valence-electron chi connectivity index (χ1n) is 7.27. The summed E-state index contributed by atoms with van der Waals surface area (Å²) < 4.78 is 2.27. The molecule has 0 radical (unpaired) electrons. The predicted molar refractivity (Wildman–Crippen MR) is 110 cm³/mol. The second kappa shape index (κ2) is 8.03. The van der Waals surface area contributed by atoms with Crippen molar-refractivity contribution in [3.05, 3.63) is 78.5 Å². The maximum Gasteiger partial charge on any atom is 0.292 e. The highest BCUT2D eigenvalue weighted by molar-refractivity contribution is 9.11. The molecule has 3 aromatic rings. The Hall–Kier alpha value is -2.16. The first-order chi connectivity index (χ1) is 12.5. The van der Waals surface area contributed by atoms with Crippen LogP contribution < -0.4 is 11.0 Å². The Balaban J connectivity index is 1.83. The normalized spacial score (nSPS) is 11.0. The molecule has 1 aromatic heterocycles. The lowest BCUT2D eigenvalue weighted by molar-refractivity contribution is 0.468. The van der Waals surface area contributed by atoms with Gasteiger partial charge in [0.1, 0.15) is 16.5 Å². The summed E-state index contributed by atoms with van der Waals surface area (Å²) in [5.41, 5.74) is 3.88. The van der Waals surface area contributed by atoms with Crippen LogP contribution in [-0.4, -0.2) is 21.1 Å². The van der Waals surface area contributed by atoms with Crippen molar-refractivity contribution in [3.8, 4) is 11.4 Å². The average Bonchev–Trinajstić information content (AvgIpc) is 2.64. The predicted octanol–water partition coefficient (Wildman–Crippen LogP) is 4.56. The number of rotatable bonds is 4. The van der Waals surface area contributed by atoms with Gasteiger partial charge in [-0.25, -0.2) is 0 Å². The monoisotopic (exact) mass is 496 g/mol. The number of halogens is 3. The van der Waals surface area contributed by atoms with Gasteiger partial charge in [-0.1, -0.05) is 29.8 Å². The van der Waals surface area contributed by atoms with Crippen molar-refractivity contribution >= 4 is 55.4 Å². The van der Waals surface area contributed by atoms with Crippen LogP contribution in [0.2, 0.25) is 5.02 Å². The van der Waals surface area contributed by atoms with Gasteiger partial charge in [-0.2, -0.15) is 14.9 Å². The fourth-order valence-corrected chi connectivity index (χ4v) is 3.49. The molecule has 0 fully saturated rings. The maximum atomic E-state index is 12.4. The van der Waals surface area contributed by atoms with Crippen molar-refractivity contribution in [1.29, 1.82) is 0 Å². The molecule has 0 unspecified atom stereocenters. The van der Waals surface area contributed by atoms with Crippen LogP contribution in [0.4, 0.5) is 5.69 Å². The molecule has 26 heavy (non-hydrogen) atoms. The summed E-state index contributed by atoms with van der Waals surface area (Å²) in [6.07, 6.45) is 2.95. The van der Waals surface area contributed by atoms with Gasteiger partial charge >= 0.3 is 0 Å². The molecule has 0 saturated heterocycles. The van der Waals surface area contributed by atoms with Gasteiger partial charge in [0.15, 0.2) is 0 Å². The molecule has 2 aromatic carbocycles.